The fourth-order valence-electron chi connectivity index (χ4n) is 2.96. The van der Waals surface area contributed by atoms with Crippen LogP contribution in [0, 0.1) is 0 Å². The van der Waals surface area contributed by atoms with E-state index in [1.54, 1.807) is 11.8 Å². The molecule has 1 N–H and O–H groups in total. The Morgan fingerprint density at radius 2 is 1.77 bits per heavy atom. The molecule has 3 heterocycles. The molecule has 1 aliphatic heterocycles. The second-order valence-corrected chi connectivity index (χ2v) is 7.00. The van der Waals surface area contributed by atoms with E-state index < -0.39 is 0 Å². The van der Waals surface area contributed by atoms with Crippen LogP contribution in [0.25, 0.3) is 0 Å². The Balaban J connectivity index is 1.43. The minimum atomic E-state index is -0.0357. The third kappa shape index (κ3) is 3.41. The predicted molar refractivity (Wildman–Crippen MR) is 103 cm³/mol. The van der Waals surface area contributed by atoms with Gasteiger partial charge in [-0.1, -0.05) is 30.0 Å². The van der Waals surface area contributed by atoms with Crippen molar-refractivity contribution >= 4 is 29.0 Å². The number of anilines is 2. The van der Waals surface area contributed by atoms with Crippen molar-refractivity contribution in [2.24, 2.45) is 0 Å². The van der Waals surface area contributed by atoms with E-state index in [0.717, 1.165) is 29.2 Å². The van der Waals surface area contributed by atoms with Gasteiger partial charge in [-0.15, -0.1) is 0 Å². The van der Waals surface area contributed by atoms with Crippen molar-refractivity contribution < 1.29 is 4.79 Å². The van der Waals surface area contributed by atoms with E-state index in [2.05, 4.69) is 20.2 Å². The number of pyridine rings is 2. The lowest BCUT2D eigenvalue weighted by Gasteiger charge is -2.32. The third-order valence-corrected chi connectivity index (χ3v) is 5.31. The summed E-state index contributed by atoms with van der Waals surface area (Å²) in [6.07, 6.45) is 8.25. The van der Waals surface area contributed by atoms with E-state index in [-0.39, 0.29) is 5.91 Å². The summed E-state index contributed by atoms with van der Waals surface area (Å²) in [6, 6.07) is 13.3. The third-order valence-electron chi connectivity index (χ3n) is 4.21. The van der Waals surface area contributed by atoms with Gasteiger partial charge in [0.2, 0.25) is 0 Å². The molecule has 0 radical (unpaired) electrons. The van der Waals surface area contributed by atoms with Crippen molar-refractivity contribution in [3.8, 4) is 0 Å². The van der Waals surface area contributed by atoms with Crippen LogP contribution < -0.4 is 10.2 Å². The second kappa shape index (κ2) is 7.58. The normalized spacial score (nSPS) is 12.2. The molecule has 0 unspecified atom stereocenters. The molecule has 0 spiro atoms. The SMILES string of the molecule is O=C(NCCCN1c2ccncc2Sc2ccncc21)c1ccccc1. The van der Waals surface area contributed by atoms with Crippen LogP contribution in [-0.2, 0) is 0 Å². The van der Waals surface area contributed by atoms with Crippen LogP contribution in [0.2, 0.25) is 0 Å². The van der Waals surface area contributed by atoms with E-state index in [4.69, 9.17) is 0 Å². The summed E-state index contributed by atoms with van der Waals surface area (Å²) in [7, 11) is 0. The molecule has 5 nitrogen and oxygen atoms in total. The van der Waals surface area contributed by atoms with Crippen molar-refractivity contribution in [3.05, 3.63) is 72.8 Å². The molecular weight excluding hydrogens is 344 g/mol. The van der Waals surface area contributed by atoms with Crippen LogP contribution in [-0.4, -0.2) is 29.0 Å². The lowest BCUT2D eigenvalue weighted by atomic mass is 10.2. The number of nitrogens with zero attached hydrogens (tertiary/aromatic N) is 3. The number of amides is 1. The second-order valence-electron chi connectivity index (χ2n) is 5.92. The molecule has 0 fully saturated rings. The first-order valence-corrected chi connectivity index (χ1v) is 9.31. The number of carbonyl (C=O) groups excluding carboxylic acids is 1. The van der Waals surface area contributed by atoms with Crippen molar-refractivity contribution in [2.45, 2.75) is 16.2 Å². The highest BCUT2D eigenvalue weighted by atomic mass is 32.2. The maximum absolute atomic E-state index is 12.1. The molecule has 0 bridgehead atoms. The summed E-state index contributed by atoms with van der Waals surface area (Å²) in [5, 5.41) is 2.99. The average molecular weight is 362 g/mol. The van der Waals surface area contributed by atoms with Crippen molar-refractivity contribution in [2.75, 3.05) is 18.0 Å². The molecule has 0 aliphatic carbocycles. The summed E-state index contributed by atoms with van der Waals surface area (Å²) >= 11 is 1.71. The Hall–Kier alpha value is -2.86. The van der Waals surface area contributed by atoms with Gasteiger partial charge in [0.15, 0.2) is 0 Å². The van der Waals surface area contributed by atoms with Gasteiger partial charge in [0.25, 0.3) is 5.91 Å². The Bertz CT molecular complexity index is 871. The molecule has 1 amide bonds. The quantitative estimate of drug-likeness (QED) is 0.698. The van der Waals surface area contributed by atoms with Crippen molar-refractivity contribution in [3.63, 3.8) is 0 Å². The van der Waals surface area contributed by atoms with Crippen molar-refractivity contribution in [1.29, 1.82) is 0 Å². The highest BCUT2D eigenvalue weighted by Gasteiger charge is 2.23. The van der Waals surface area contributed by atoms with E-state index in [1.165, 1.54) is 4.90 Å². The standard InChI is InChI=1S/C20H18N4OS/c25-20(15-5-2-1-3-6-15)23-9-4-12-24-16-7-10-22-14-19(16)26-18-8-11-21-13-17(18)24/h1-3,5-8,10-11,13-14H,4,9,12H2,(H,23,25). The van der Waals surface area contributed by atoms with Gasteiger partial charge >= 0.3 is 0 Å². The van der Waals surface area contributed by atoms with E-state index in [1.807, 2.05) is 67.3 Å². The first kappa shape index (κ1) is 16.6. The van der Waals surface area contributed by atoms with Gasteiger partial charge < -0.3 is 10.2 Å². The highest BCUT2D eigenvalue weighted by molar-refractivity contribution is 7.99. The average Bonchev–Trinajstić information content (AvgIpc) is 2.71. The molecular formula is C20H18N4OS. The van der Waals surface area contributed by atoms with Crippen LogP contribution in [0.15, 0.2) is 77.0 Å². The molecule has 3 aromatic rings. The first-order valence-electron chi connectivity index (χ1n) is 8.49. The van der Waals surface area contributed by atoms with Gasteiger partial charge in [0.05, 0.1) is 22.5 Å². The molecule has 1 aliphatic rings. The number of hydrogen-bond acceptors (Lipinski definition) is 5. The van der Waals surface area contributed by atoms with E-state index >= 15 is 0 Å². The minimum Gasteiger partial charge on any atom is -0.352 e. The molecule has 1 aromatic carbocycles. The lowest BCUT2D eigenvalue weighted by molar-refractivity contribution is 0.0953. The molecule has 2 aromatic heterocycles. The smallest absolute Gasteiger partial charge is 0.251 e. The Labute approximate surface area is 156 Å². The monoisotopic (exact) mass is 362 g/mol. The predicted octanol–water partition coefficient (Wildman–Crippen LogP) is 3.90. The zero-order valence-electron chi connectivity index (χ0n) is 14.1. The van der Waals surface area contributed by atoms with Crippen LogP contribution in [0.1, 0.15) is 16.8 Å². The number of carbonyl (C=O) groups is 1. The van der Waals surface area contributed by atoms with E-state index in [0.29, 0.717) is 12.1 Å². The molecule has 0 saturated carbocycles. The van der Waals surface area contributed by atoms with Gasteiger partial charge in [-0.05, 0) is 30.7 Å². The molecule has 6 heteroatoms. The molecule has 26 heavy (non-hydrogen) atoms. The van der Waals surface area contributed by atoms with Gasteiger partial charge in [-0.25, -0.2) is 0 Å². The largest absolute Gasteiger partial charge is 0.352 e. The van der Waals surface area contributed by atoms with E-state index in [9.17, 15) is 4.79 Å². The number of aromatic nitrogens is 2. The first-order chi connectivity index (χ1) is 12.8. The van der Waals surface area contributed by atoms with Crippen LogP contribution in [0.3, 0.4) is 0 Å². The summed E-state index contributed by atoms with van der Waals surface area (Å²) in [6.45, 7) is 1.42. The van der Waals surface area contributed by atoms with Gasteiger partial charge in [0.1, 0.15) is 0 Å². The Morgan fingerprint density at radius 1 is 0.962 bits per heavy atom. The van der Waals surface area contributed by atoms with Crippen molar-refractivity contribution in [1.82, 2.24) is 15.3 Å². The Morgan fingerprint density at radius 3 is 2.65 bits per heavy atom. The van der Waals surface area contributed by atoms with Crippen LogP contribution >= 0.6 is 11.8 Å². The maximum Gasteiger partial charge on any atom is 0.251 e. The van der Waals surface area contributed by atoms with Crippen LogP contribution in [0.5, 0.6) is 0 Å². The van der Waals surface area contributed by atoms with Gasteiger partial charge in [-0.2, -0.15) is 0 Å². The number of benzene rings is 1. The molecule has 0 saturated heterocycles. The summed E-state index contributed by atoms with van der Waals surface area (Å²) in [5.74, 6) is -0.0357. The van der Waals surface area contributed by atoms with Crippen LogP contribution in [0.4, 0.5) is 11.4 Å². The topological polar surface area (TPSA) is 58.1 Å². The fourth-order valence-corrected chi connectivity index (χ4v) is 3.99. The zero-order chi connectivity index (χ0) is 17.8. The highest BCUT2D eigenvalue weighted by Crippen LogP contribution is 2.47. The van der Waals surface area contributed by atoms with Gasteiger partial charge in [0, 0.05) is 42.1 Å². The molecule has 4 rings (SSSR count). The lowest BCUT2D eigenvalue weighted by Crippen LogP contribution is -2.29. The number of nitrogens with one attached hydrogen (secondary N) is 1. The maximum atomic E-state index is 12.1. The summed E-state index contributed by atoms with van der Waals surface area (Å²) in [5.41, 5.74) is 2.93. The minimum absolute atomic E-state index is 0.0357. The fraction of sp³-hybridized carbons (Fsp3) is 0.150. The summed E-state index contributed by atoms with van der Waals surface area (Å²) in [4.78, 5) is 25.2. The number of rotatable bonds is 5. The zero-order valence-corrected chi connectivity index (χ0v) is 14.9. The number of fused-ring (bicyclic) bond motifs is 2. The molecule has 130 valence electrons. The van der Waals surface area contributed by atoms with Gasteiger partial charge in [-0.3, -0.25) is 14.8 Å². The number of hydrogen-bond donors (Lipinski definition) is 1. The Kier molecular flexibility index (Phi) is 4.84. The molecule has 0 atom stereocenters. The summed E-state index contributed by atoms with van der Waals surface area (Å²) < 4.78 is 0.